The van der Waals surface area contributed by atoms with Crippen LogP contribution in [0.15, 0.2) is 59.5 Å². The van der Waals surface area contributed by atoms with Crippen molar-refractivity contribution in [3.63, 3.8) is 0 Å². The summed E-state index contributed by atoms with van der Waals surface area (Å²) in [6.45, 7) is 3.27. The Bertz CT molecular complexity index is 962. The van der Waals surface area contributed by atoms with Gasteiger partial charge in [0.05, 0.1) is 23.6 Å². The van der Waals surface area contributed by atoms with E-state index < -0.39 is 28.0 Å². The number of hydrogen-bond acceptors (Lipinski definition) is 6. The fourth-order valence-electron chi connectivity index (χ4n) is 2.47. The number of nitrogens with one attached hydrogen (secondary N) is 1. The number of rotatable bonds is 8. The molecule has 0 radical (unpaired) electrons. The van der Waals surface area contributed by atoms with Crippen molar-refractivity contribution in [3.05, 3.63) is 65.7 Å². The van der Waals surface area contributed by atoms with E-state index in [4.69, 9.17) is 9.57 Å². The SMILES string of the molecule is CON(C)S(=O)(=O)c1cccc(C(=O)OC(C)C(=O)NC(C)c2ccccc2)c1. The van der Waals surface area contributed by atoms with Gasteiger partial charge in [0, 0.05) is 7.05 Å². The molecule has 0 saturated heterocycles. The minimum Gasteiger partial charge on any atom is -0.449 e. The van der Waals surface area contributed by atoms with Crippen LogP contribution in [0.25, 0.3) is 0 Å². The average Bonchev–Trinajstić information content (AvgIpc) is 2.73. The standard InChI is InChI=1S/C20H24N2O6S/c1-14(16-9-6-5-7-10-16)21-19(23)15(2)28-20(24)17-11-8-12-18(13-17)29(25,26)22(3)27-4/h5-15H,1-4H3,(H,21,23). The molecule has 0 aliphatic heterocycles. The number of hydroxylamine groups is 1. The summed E-state index contributed by atoms with van der Waals surface area (Å²) in [5.41, 5.74) is 0.922. The molecule has 0 spiro atoms. The Morgan fingerprint density at radius 1 is 1.03 bits per heavy atom. The molecule has 2 aromatic carbocycles. The van der Waals surface area contributed by atoms with Crippen LogP contribution >= 0.6 is 0 Å². The molecule has 0 aliphatic carbocycles. The zero-order chi connectivity index (χ0) is 21.6. The van der Waals surface area contributed by atoms with Gasteiger partial charge in [-0.05, 0) is 37.6 Å². The Morgan fingerprint density at radius 3 is 2.31 bits per heavy atom. The Balaban J connectivity index is 2.06. The second-order valence-electron chi connectivity index (χ2n) is 6.31. The van der Waals surface area contributed by atoms with Gasteiger partial charge in [-0.2, -0.15) is 0 Å². The van der Waals surface area contributed by atoms with Crippen LogP contribution in [-0.4, -0.2) is 45.0 Å². The van der Waals surface area contributed by atoms with Gasteiger partial charge < -0.3 is 10.1 Å². The Labute approximate surface area is 170 Å². The highest BCUT2D eigenvalue weighted by Gasteiger charge is 2.24. The lowest BCUT2D eigenvalue weighted by Crippen LogP contribution is -2.37. The van der Waals surface area contributed by atoms with Crippen LogP contribution in [0, 0.1) is 0 Å². The normalized spacial score (nSPS) is 13.6. The molecule has 0 fully saturated rings. The molecular formula is C20H24N2O6S. The van der Waals surface area contributed by atoms with E-state index >= 15 is 0 Å². The number of esters is 1. The van der Waals surface area contributed by atoms with E-state index in [9.17, 15) is 18.0 Å². The van der Waals surface area contributed by atoms with Crippen LogP contribution < -0.4 is 5.32 Å². The molecular weight excluding hydrogens is 396 g/mol. The topological polar surface area (TPSA) is 102 Å². The van der Waals surface area contributed by atoms with E-state index in [1.165, 1.54) is 45.3 Å². The molecule has 0 saturated carbocycles. The molecule has 9 heteroatoms. The highest BCUT2D eigenvalue weighted by molar-refractivity contribution is 7.89. The molecule has 8 nitrogen and oxygen atoms in total. The summed E-state index contributed by atoms with van der Waals surface area (Å²) in [6, 6.07) is 14.4. The van der Waals surface area contributed by atoms with Gasteiger partial charge in [-0.1, -0.05) is 40.9 Å². The number of hydrogen-bond donors (Lipinski definition) is 1. The van der Waals surface area contributed by atoms with E-state index in [1.54, 1.807) is 0 Å². The van der Waals surface area contributed by atoms with Gasteiger partial charge in [-0.25, -0.2) is 13.2 Å². The lowest BCUT2D eigenvalue weighted by molar-refractivity contribution is -0.129. The predicted octanol–water partition coefficient (Wildman–Crippen LogP) is 2.29. The summed E-state index contributed by atoms with van der Waals surface area (Å²) in [6.07, 6.45) is -1.06. The lowest BCUT2D eigenvalue weighted by atomic mass is 10.1. The second-order valence-corrected chi connectivity index (χ2v) is 8.25. The Morgan fingerprint density at radius 2 is 1.69 bits per heavy atom. The van der Waals surface area contributed by atoms with Crippen LogP contribution in [-0.2, 0) is 24.4 Å². The van der Waals surface area contributed by atoms with Crippen molar-refractivity contribution >= 4 is 21.9 Å². The number of benzene rings is 2. The maximum absolute atomic E-state index is 12.4. The predicted molar refractivity (Wildman–Crippen MR) is 106 cm³/mol. The molecule has 29 heavy (non-hydrogen) atoms. The van der Waals surface area contributed by atoms with Crippen LogP contribution in [0.3, 0.4) is 0 Å². The third-order valence-electron chi connectivity index (χ3n) is 4.27. The number of carbonyl (C=O) groups is 2. The fraction of sp³-hybridized carbons (Fsp3) is 0.300. The molecule has 0 aromatic heterocycles. The average molecular weight is 420 g/mol. The van der Waals surface area contributed by atoms with Gasteiger partial charge >= 0.3 is 5.97 Å². The summed E-state index contributed by atoms with van der Waals surface area (Å²) in [5, 5.41) is 2.78. The number of amides is 1. The summed E-state index contributed by atoms with van der Waals surface area (Å²) < 4.78 is 30.5. The highest BCUT2D eigenvalue weighted by atomic mass is 32.2. The van der Waals surface area contributed by atoms with Crippen LogP contribution in [0.1, 0.15) is 35.8 Å². The third-order valence-corrected chi connectivity index (χ3v) is 5.95. The number of nitrogens with zero attached hydrogens (tertiary/aromatic N) is 1. The van der Waals surface area contributed by atoms with Gasteiger partial charge in [0.2, 0.25) is 0 Å². The Kier molecular flexibility index (Phi) is 7.49. The molecule has 2 aromatic rings. The van der Waals surface area contributed by atoms with Gasteiger partial charge in [0.1, 0.15) is 0 Å². The minimum absolute atomic E-state index is 0.00587. The molecule has 1 amide bonds. The van der Waals surface area contributed by atoms with E-state index in [1.807, 2.05) is 37.3 Å². The van der Waals surface area contributed by atoms with E-state index in [0.29, 0.717) is 4.47 Å². The zero-order valence-electron chi connectivity index (χ0n) is 16.7. The number of ether oxygens (including phenoxy) is 1. The van der Waals surface area contributed by atoms with E-state index in [-0.39, 0.29) is 16.5 Å². The molecule has 156 valence electrons. The highest BCUT2D eigenvalue weighted by Crippen LogP contribution is 2.17. The van der Waals surface area contributed by atoms with Gasteiger partial charge in [-0.3, -0.25) is 9.63 Å². The first-order chi connectivity index (χ1) is 13.7. The van der Waals surface area contributed by atoms with Gasteiger partial charge in [-0.15, -0.1) is 0 Å². The maximum Gasteiger partial charge on any atom is 0.338 e. The van der Waals surface area contributed by atoms with Crippen molar-refractivity contribution < 1.29 is 27.6 Å². The van der Waals surface area contributed by atoms with Crippen molar-refractivity contribution in [2.24, 2.45) is 0 Å². The van der Waals surface area contributed by atoms with Crippen LogP contribution in [0.2, 0.25) is 0 Å². The number of carbonyl (C=O) groups excluding carboxylic acids is 2. The first kappa shape index (κ1) is 22.5. The first-order valence-electron chi connectivity index (χ1n) is 8.86. The van der Waals surface area contributed by atoms with Crippen LogP contribution in [0.5, 0.6) is 0 Å². The van der Waals surface area contributed by atoms with Crippen molar-refractivity contribution in [2.45, 2.75) is 30.9 Å². The van der Waals surface area contributed by atoms with Crippen molar-refractivity contribution in [1.82, 2.24) is 9.79 Å². The molecule has 2 unspecified atom stereocenters. The fourth-order valence-corrected chi connectivity index (χ4v) is 3.49. The smallest absolute Gasteiger partial charge is 0.338 e. The van der Waals surface area contributed by atoms with Crippen LogP contribution in [0.4, 0.5) is 0 Å². The van der Waals surface area contributed by atoms with Gasteiger partial charge in [0.25, 0.3) is 15.9 Å². The zero-order valence-corrected chi connectivity index (χ0v) is 17.5. The molecule has 0 heterocycles. The van der Waals surface area contributed by atoms with Crippen molar-refractivity contribution in [3.8, 4) is 0 Å². The lowest BCUT2D eigenvalue weighted by Gasteiger charge is -2.18. The summed E-state index contributed by atoms with van der Waals surface area (Å²) in [4.78, 5) is 29.3. The quantitative estimate of drug-likeness (QED) is 0.519. The monoisotopic (exact) mass is 420 g/mol. The van der Waals surface area contributed by atoms with E-state index in [2.05, 4.69) is 5.32 Å². The molecule has 1 N–H and O–H groups in total. The largest absolute Gasteiger partial charge is 0.449 e. The van der Waals surface area contributed by atoms with E-state index in [0.717, 1.165) is 5.56 Å². The summed E-state index contributed by atoms with van der Waals surface area (Å²) in [5.74, 6) is -1.27. The minimum atomic E-state index is -3.91. The summed E-state index contributed by atoms with van der Waals surface area (Å²) in [7, 11) is -1.46. The molecule has 0 bridgehead atoms. The summed E-state index contributed by atoms with van der Waals surface area (Å²) >= 11 is 0. The molecule has 0 aliphatic rings. The maximum atomic E-state index is 12.4. The Hall–Kier alpha value is -2.75. The number of sulfonamides is 1. The molecule has 2 atom stereocenters. The second kappa shape index (κ2) is 9.64. The first-order valence-corrected chi connectivity index (χ1v) is 10.3. The molecule has 2 rings (SSSR count). The van der Waals surface area contributed by atoms with Gasteiger partial charge in [0.15, 0.2) is 6.10 Å². The van der Waals surface area contributed by atoms with Crippen molar-refractivity contribution in [2.75, 3.05) is 14.2 Å². The third kappa shape index (κ3) is 5.63. The van der Waals surface area contributed by atoms with Crippen molar-refractivity contribution in [1.29, 1.82) is 0 Å².